The van der Waals surface area contributed by atoms with Crippen molar-refractivity contribution in [2.24, 2.45) is 0 Å². The van der Waals surface area contributed by atoms with Gasteiger partial charge in [0, 0.05) is 10.5 Å². The molecule has 1 unspecified atom stereocenters. The Bertz CT molecular complexity index is 632. The van der Waals surface area contributed by atoms with Crippen molar-refractivity contribution in [3.05, 3.63) is 28.5 Å². The molecule has 0 saturated heterocycles. The molecule has 1 atom stereocenters. The molecule has 1 aliphatic rings. The highest BCUT2D eigenvalue weighted by Gasteiger charge is 2.28. The van der Waals surface area contributed by atoms with Crippen LogP contribution in [0.5, 0.6) is 0 Å². The van der Waals surface area contributed by atoms with Crippen molar-refractivity contribution >= 4 is 31.9 Å². The summed E-state index contributed by atoms with van der Waals surface area (Å²) in [5.74, 6) is -0.912. The highest BCUT2D eigenvalue weighted by molar-refractivity contribution is 9.10. The van der Waals surface area contributed by atoms with E-state index >= 15 is 0 Å². The van der Waals surface area contributed by atoms with Gasteiger partial charge in [-0.25, -0.2) is 12.8 Å². The van der Waals surface area contributed by atoms with Crippen LogP contribution >= 0.6 is 15.9 Å². The van der Waals surface area contributed by atoms with Crippen LogP contribution in [0.1, 0.15) is 19.8 Å². The summed E-state index contributed by atoms with van der Waals surface area (Å²) in [6.45, 7) is 1.46. The first kappa shape index (κ1) is 15.4. The maximum Gasteiger partial charge on any atom is 0.242 e. The molecule has 0 spiro atoms. The van der Waals surface area contributed by atoms with Crippen molar-refractivity contribution in [3.8, 4) is 0 Å². The zero-order chi connectivity index (χ0) is 14.9. The Balaban J connectivity index is 2.11. The van der Waals surface area contributed by atoms with Gasteiger partial charge in [-0.2, -0.15) is 4.72 Å². The SMILES string of the molecule is CC(NS(=O)(=O)c1ccc(F)cc1Br)C(=O)NC1CC1. The minimum Gasteiger partial charge on any atom is -0.352 e. The van der Waals surface area contributed by atoms with E-state index < -0.39 is 21.9 Å². The normalized spacial score (nSPS) is 16.8. The quantitative estimate of drug-likeness (QED) is 0.831. The standard InChI is InChI=1S/C12H14BrFN2O3S/c1-7(12(17)15-9-3-4-9)16-20(18,19)11-5-2-8(14)6-10(11)13/h2,5-7,9,16H,3-4H2,1H3,(H,15,17). The molecule has 110 valence electrons. The Labute approximate surface area is 125 Å². The third-order valence-electron chi connectivity index (χ3n) is 2.83. The van der Waals surface area contributed by atoms with Gasteiger partial charge < -0.3 is 5.32 Å². The molecule has 1 aromatic carbocycles. The maximum atomic E-state index is 13.0. The van der Waals surface area contributed by atoms with E-state index in [4.69, 9.17) is 0 Å². The minimum atomic E-state index is -3.89. The van der Waals surface area contributed by atoms with E-state index in [0.29, 0.717) is 0 Å². The van der Waals surface area contributed by atoms with Gasteiger partial charge in [-0.05, 0) is 53.9 Å². The molecule has 0 radical (unpaired) electrons. The van der Waals surface area contributed by atoms with Crippen LogP contribution in [0.25, 0.3) is 0 Å². The molecule has 1 saturated carbocycles. The second kappa shape index (κ2) is 5.79. The second-order valence-corrected chi connectivity index (χ2v) is 7.24. The molecule has 1 aromatic rings. The van der Waals surface area contributed by atoms with Gasteiger partial charge in [-0.15, -0.1) is 0 Å². The number of carbonyl (C=O) groups excluding carboxylic acids is 1. The number of carbonyl (C=O) groups is 1. The number of rotatable bonds is 5. The molecule has 0 aliphatic heterocycles. The monoisotopic (exact) mass is 364 g/mol. The summed E-state index contributed by atoms with van der Waals surface area (Å²) in [4.78, 5) is 11.6. The van der Waals surface area contributed by atoms with E-state index in [1.165, 1.54) is 6.92 Å². The number of hydrogen-bond donors (Lipinski definition) is 2. The van der Waals surface area contributed by atoms with Crippen LogP contribution in [0.15, 0.2) is 27.6 Å². The van der Waals surface area contributed by atoms with Crippen LogP contribution in [-0.2, 0) is 14.8 Å². The molecular formula is C12H14BrFN2O3S. The Morgan fingerprint density at radius 1 is 1.45 bits per heavy atom. The van der Waals surface area contributed by atoms with Crippen molar-refractivity contribution in [2.45, 2.75) is 36.7 Å². The van der Waals surface area contributed by atoms with Crippen molar-refractivity contribution in [1.29, 1.82) is 0 Å². The van der Waals surface area contributed by atoms with Crippen LogP contribution in [0.3, 0.4) is 0 Å². The summed E-state index contributed by atoms with van der Waals surface area (Å²) in [6, 6.07) is 2.52. The summed E-state index contributed by atoms with van der Waals surface area (Å²) < 4.78 is 39.6. The zero-order valence-electron chi connectivity index (χ0n) is 10.7. The Kier molecular flexibility index (Phi) is 4.46. The summed E-state index contributed by atoms with van der Waals surface area (Å²) in [6.07, 6.45) is 1.85. The van der Waals surface area contributed by atoms with Gasteiger partial charge in [0.1, 0.15) is 5.82 Å². The zero-order valence-corrected chi connectivity index (χ0v) is 13.1. The average Bonchev–Trinajstić information content (AvgIpc) is 3.11. The summed E-state index contributed by atoms with van der Waals surface area (Å²) in [7, 11) is -3.89. The number of sulfonamides is 1. The van der Waals surface area contributed by atoms with Crippen molar-refractivity contribution < 1.29 is 17.6 Å². The molecule has 0 heterocycles. The van der Waals surface area contributed by atoms with Crippen LogP contribution in [0.2, 0.25) is 0 Å². The molecular weight excluding hydrogens is 351 g/mol. The van der Waals surface area contributed by atoms with Crippen LogP contribution in [0.4, 0.5) is 4.39 Å². The van der Waals surface area contributed by atoms with E-state index in [-0.39, 0.29) is 21.3 Å². The third kappa shape index (κ3) is 3.77. The van der Waals surface area contributed by atoms with E-state index in [0.717, 1.165) is 31.0 Å². The molecule has 0 aromatic heterocycles. The smallest absolute Gasteiger partial charge is 0.242 e. The lowest BCUT2D eigenvalue weighted by Gasteiger charge is -2.15. The fourth-order valence-corrected chi connectivity index (χ4v) is 3.85. The molecule has 20 heavy (non-hydrogen) atoms. The molecule has 0 bridgehead atoms. The Morgan fingerprint density at radius 2 is 2.10 bits per heavy atom. The van der Waals surface area contributed by atoms with Gasteiger partial charge >= 0.3 is 0 Å². The Morgan fingerprint density at radius 3 is 2.65 bits per heavy atom. The first-order chi connectivity index (χ1) is 9.29. The first-order valence-electron chi connectivity index (χ1n) is 6.07. The van der Waals surface area contributed by atoms with Crippen molar-refractivity contribution in [1.82, 2.24) is 10.0 Å². The first-order valence-corrected chi connectivity index (χ1v) is 8.35. The van der Waals surface area contributed by atoms with Gasteiger partial charge in [0.25, 0.3) is 0 Å². The van der Waals surface area contributed by atoms with Crippen molar-refractivity contribution in [2.75, 3.05) is 0 Å². The van der Waals surface area contributed by atoms with Crippen LogP contribution < -0.4 is 10.0 Å². The highest BCUT2D eigenvalue weighted by Crippen LogP contribution is 2.23. The van der Waals surface area contributed by atoms with Crippen LogP contribution in [-0.4, -0.2) is 26.4 Å². The fraction of sp³-hybridized carbons (Fsp3) is 0.417. The van der Waals surface area contributed by atoms with E-state index in [2.05, 4.69) is 26.0 Å². The third-order valence-corrected chi connectivity index (χ3v) is 5.35. The lowest BCUT2D eigenvalue weighted by Crippen LogP contribution is -2.45. The molecule has 1 fully saturated rings. The van der Waals surface area contributed by atoms with Gasteiger partial charge in [0.05, 0.1) is 10.9 Å². The van der Waals surface area contributed by atoms with Gasteiger partial charge in [-0.3, -0.25) is 4.79 Å². The van der Waals surface area contributed by atoms with Gasteiger partial charge in [0.2, 0.25) is 15.9 Å². The summed E-state index contributed by atoms with van der Waals surface area (Å²) >= 11 is 3.00. The molecule has 8 heteroatoms. The minimum absolute atomic E-state index is 0.107. The van der Waals surface area contributed by atoms with E-state index in [1.54, 1.807) is 0 Å². The summed E-state index contributed by atoms with van der Waals surface area (Å²) in [5.41, 5.74) is 0. The second-order valence-electron chi connectivity index (χ2n) is 4.70. The van der Waals surface area contributed by atoms with Crippen LogP contribution in [0, 0.1) is 5.82 Å². The fourth-order valence-electron chi connectivity index (χ4n) is 1.60. The number of nitrogens with one attached hydrogen (secondary N) is 2. The van der Waals surface area contributed by atoms with E-state index in [9.17, 15) is 17.6 Å². The average molecular weight is 365 g/mol. The number of benzene rings is 1. The predicted octanol–water partition coefficient (Wildman–Crippen LogP) is 1.53. The number of amides is 1. The molecule has 2 N–H and O–H groups in total. The lowest BCUT2D eigenvalue weighted by atomic mass is 10.3. The topological polar surface area (TPSA) is 75.3 Å². The van der Waals surface area contributed by atoms with Gasteiger partial charge in [-0.1, -0.05) is 0 Å². The van der Waals surface area contributed by atoms with Crippen molar-refractivity contribution in [3.63, 3.8) is 0 Å². The molecule has 2 rings (SSSR count). The van der Waals surface area contributed by atoms with Gasteiger partial charge in [0.15, 0.2) is 0 Å². The van der Waals surface area contributed by atoms with E-state index in [1.807, 2.05) is 0 Å². The highest BCUT2D eigenvalue weighted by atomic mass is 79.9. The Hall–Kier alpha value is -0.990. The maximum absolute atomic E-state index is 13.0. The molecule has 5 nitrogen and oxygen atoms in total. The number of hydrogen-bond acceptors (Lipinski definition) is 3. The number of halogens is 2. The lowest BCUT2D eigenvalue weighted by molar-refractivity contribution is -0.122. The predicted molar refractivity (Wildman–Crippen MR) is 75.0 cm³/mol. The molecule has 1 amide bonds. The largest absolute Gasteiger partial charge is 0.352 e. The molecule has 1 aliphatic carbocycles. The summed E-state index contributed by atoms with van der Waals surface area (Å²) in [5, 5.41) is 2.71.